The highest BCUT2D eigenvalue weighted by atomic mass is 16.5. The lowest BCUT2D eigenvalue weighted by Gasteiger charge is -2.23. The Labute approximate surface area is 193 Å². The number of carbonyl (C=O) groups is 3. The van der Waals surface area contributed by atoms with Crippen LogP contribution in [0.5, 0.6) is 0 Å². The molecule has 3 N–H and O–H groups in total. The maximum absolute atomic E-state index is 12.8. The van der Waals surface area contributed by atoms with Gasteiger partial charge in [0, 0.05) is 5.92 Å². The molecule has 4 rings (SSSR count). The van der Waals surface area contributed by atoms with Gasteiger partial charge in [-0.3, -0.25) is 4.79 Å². The number of nitrogens with one attached hydrogen (secondary N) is 2. The maximum atomic E-state index is 12.8. The van der Waals surface area contributed by atoms with Crippen LogP contribution in [0.15, 0.2) is 48.5 Å². The van der Waals surface area contributed by atoms with Gasteiger partial charge < -0.3 is 20.5 Å². The zero-order valence-electron chi connectivity index (χ0n) is 18.9. The summed E-state index contributed by atoms with van der Waals surface area (Å²) in [6, 6.07) is 14.3. The van der Waals surface area contributed by atoms with Gasteiger partial charge in [0.15, 0.2) is 0 Å². The van der Waals surface area contributed by atoms with E-state index in [4.69, 9.17) is 4.74 Å². The van der Waals surface area contributed by atoms with Gasteiger partial charge in [-0.1, -0.05) is 75.2 Å². The second-order valence-corrected chi connectivity index (χ2v) is 9.27. The van der Waals surface area contributed by atoms with Gasteiger partial charge in [0.25, 0.3) is 0 Å². The minimum absolute atomic E-state index is 0.0730. The lowest BCUT2D eigenvalue weighted by molar-refractivity contribution is -0.143. The van der Waals surface area contributed by atoms with Crippen molar-refractivity contribution in [3.63, 3.8) is 0 Å². The van der Waals surface area contributed by atoms with Crippen LogP contribution in [0.4, 0.5) is 4.79 Å². The molecule has 0 unspecified atom stereocenters. The molecule has 2 aromatic rings. The molecular formula is C26H30N2O5. The third-order valence-electron chi connectivity index (χ3n) is 6.45. The summed E-state index contributed by atoms with van der Waals surface area (Å²) in [6.07, 6.45) is 1.81. The van der Waals surface area contributed by atoms with Crippen LogP contribution in [-0.2, 0) is 14.3 Å². The summed E-state index contributed by atoms with van der Waals surface area (Å²) in [7, 11) is 0. The number of amides is 2. The van der Waals surface area contributed by atoms with Crippen LogP contribution >= 0.6 is 0 Å². The number of carbonyl (C=O) groups excluding carboxylic acids is 2. The second-order valence-electron chi connectivity index (χ2n) is 9.27. The van der Waals surface area contributed by atoms with E-state index in [2.05, 4.69) is 22.8 Å². The SMILES string of the molecule is CC(C)[C@@H](NC(=O)[C@H](CC1CC1)NC(=O)OCC1c2ccccc2-c2ccccc21)C(=O)O. The van der Waals surface area contributed by atoms with Crippen molar-refractivity contribution in [2.24, 2.45) is 11.8 Å². The highest BCUT2D eigenvalue weighted by Crippen LogP contribution is 2.44. The number of carboxylic acids is 1. The van der Waals surface area contributed by atoms with E-state index in [0.717, 1.165) is 35.1 Å². The Morgan fingerprint density at radius 2 is 1.55 bits per heavy atom. The fourth-order valence-electron chi connectivity index (χ4n) is 4.47. The highest BCUT2D eigenvalue weighted by molar-refractivity contribution is 5.89. The minimum Gasteiger partial charge on any atom is -0.480 e. The van der Waals surface area contributed by atoms with Crippen molar-refractivity contribution < 1.29 is 24.2 Å². The number of carboxylic acid groups (broad SMARTS) is 1. The molecule has 33 heavy (non-hydrogen) atoms. The Kier molecular flexibility index (Phi) is 6.67. The molecule has 0 aliphatic heterocycles. The lowest BCUT2D eigenvalue weighted by Crippen LogP contribution is -2.53. The summed E-state index contributed by atoms with van der Waals surface area (Å²) in [4.78, 5) is 36.9. The first-order valence-corrected chi connectivity index (χ1v) is 11.5. The Morgan fingerprint density at radius 1 is 0.970 bits per heavy atom. The van der Waals surface area contributed by atoms with E-state index < -0.39 is 30.1 Å². The highest BCUT2D eigenvalue weighted by Gasteiger charge is 2.34. The molecule has 0 saturated heterocycles. The molecule has 2 aromatic carbocycles. The first-order chi connectivity index (χ1) is 15.8. The molecule has 7 nitrogen and oxygen atoms in total. The van der Waals surface area contributed by atoms with E-state index in [0.29, 0.717) is 12.3 Å². The number of benzene rings is 2. The first kappa shape index (κ1) is 22.8. The smallest absolute Gasteiger partial charge is 0.407 e. The average molecular weight is 451 g/mol. The Morgan fingerprint density at radius 3 is 2.06 bits per heavy atom. The number of hydrogen-bond donors (Lipinski definition) is 3. The van der Waals surface area contributed by atoms with Crippen molar-refractivity contribution >= 4 is 18.0 Å². The number of alkyl carbamates (subject to hydrolysis) is 1. The van der Waals surface area contributed by atoms with Gasteiger partial charge in [0.1, 0.15) is 18.7 Å². The predicted molar refractivity (Wildman–Crippen MR) is 124 cm³/mol. The summed E-state index contributed by atoms with van der Waals surface area (Å²) in [5.41, 5.74) is 4.50. The minimum atomic E-state index is -1.09. The molecule has 0 aromatic heterocycles. The van der Waals surface area contributed by atoms with Crippen molar-refractivity contribution in [1.29, 1.82) is 0 Å². The molecule has 7 heteroatoms. The van der Waals surface area contributed by atoms with Gasteiger partial charge in [0.2, 0.25) is 5.91 Å². The number of ether oxygens (including phenoxy) is 1. The molecule has 2 amide bonds. The van der Waals surface area contributed by atoms with Gasteiger partial charge in [0.05, 0.1) is 0 Å². The predicted octanol–water partition coefficient (Wildman–Crippen LogP) is 3.92. The van der Waals surface area contributed by atoms with Crippen molar-refractivity contribution in [2.45, 2.75) is 51.1 Å². The molecule has 2 aliphatic rings. The van der Waals surface area contributed by atoms with Gasteiger partial charge in [-0.25, -0.2) is 9.59 Å². The Bertz CT molecular complexity index is 1000. The molecule has 0 spiro atoms. The summed E-state index contributed by atoms with van der Waals surface area (Å²) in [5, 5.41) is 14.6. The van der Waals surface area contributed by atoms with Crippen LogP contribution in [0.25, 0.3) is 11.1 Å². The van der Waals surface area contributed by atoms with Gasteiger partial charge in [-0.2, -0.15) is 0 Å². The lowest BCUT2D eigenvalue weighted by atomic mass is 9.98. The molecule has 1 fully saturated rings. The van der Waals surface area contributed by atoms with Crippen LogP contribution in [-0.4, -0.2) is 41.8 Å². The molecule has 0 heterocycles. The monoisotopic (exact) mass is 450 g/mol. The zero-order valence-corrected chi connectivity index (χ0v) is 18.9. The van der Waals surface area contributed by atoms with Crippen LogP contribution in [0.1, 0.15) is 50.2 Å². The fourth-order valence-corrected chi connectivity index (χ4v) is 4.47. The summed E-state index contributed by atoms with van der Waals surface area (Å²) >= 11 is 0. The molecule has 2 atom stereocenters. The quantitative estimate of drug-likeness (QED) is 0.537. The van der Waals surface area contributed by atoms with Crippen LogP contribution < -0.4 is 10.6 Å². The first-order valence-electron chi connectivity index (χ1n) is 11.5. The third-order valence-corrected chi connectivity index (χ3v) is 6.45. The van der Waals surface area contributed by atoms with E-state index in [9.17, 15) is 19.5 Å². The molecule has 174 valence electrons. The largest absolute Gasteiger partial charge is 0.480 e. The van der Waals surface area contributed by atoms with Crippen molar-refractivity contribution in [2.75, 3.05) is 6.61 Å². The van der Waals surface area contributed by atoms with Gasteiger partial charge >= 0.3 is 12.1 Å². The Balaban J connectivity index is 1.41. The summed E-state index contributed by atoms with van der Waals surface area (Å²) in [6.45, 7) is 3.61. The van der Waals surface area contributed by atoms with E-state index in [1.165, 1.54) is 0 Å². The van der Waals surface area contributed by atoms with Gasteiger partial charge in [-0.15, -0.1) is 0 Å². The van der Waals surface area contributed by atoms with Crippen LogP contribution in [0, 0.1) is 11.8 Å². The van der Waals surface area contributed by atoms with Crippen molar-refractivity contribution in [3.8, 4) is 11.1 Å². The van der Waals surface area contributed by atoms with E-state index in [1.54, 1.807) is 13.8 Å². The third kappa shape index (κ3) is 5.18. The molecule has 0 bridgehead atoms. The molecule has 1 saturated carbocycles. The standard InChI is InChI=1S/C26H30N2O5/c1-15(2)23(25(30)31)28-24(29)22(13-16-11-12-16)27-26(32)33-14-21-19-9-5-3-7-17(19)18-8-4-6-10-20(18)21/h3-10,15-16,21-23H,11-14H2,1-2H3,(H,27,32)(H,28,29)(H,30,31)/t22-,23+/m0/s1. The molecule has 2 aliphatic carbocycles. The average Bonchev–Trinajstić information content (AvgIpc) is 3.55. The second kappa shape index (κ2) is 9.65. The zero-order chi connectivity index (χ0) is 23.5. The number of fused-ring (bicyclic) bond motifs is 3. The van der Waals surface area contributed by atoms with E-state index in [-0.39, 0.29) is 18.4 Å². The maximum Gasteiger partial charge on any atom is 0.407 e. The Hall–Kier alpha value is -3.35. The number of rotatable bonds is 9. The van der Waals surface area contributed by atoms with Crippen LogP contribution in [0.2, 0.25) is 0 Å². The van der Waals surface area contributed by atoms with Crippen molar-refractivity contribution in [3.05, 3.63) is 59.7 Å². The molecular weight excluding hydrogens is 420 g/mol. The number of aliphatic carboxylic acids is 1. The molecule has 0 radical (unpaired) electrons. The normalized spacial score (nSPS) is 16.5. The van der Waals surface area contributed by atoms with Gasteiger partial charge in [-0.05, 0) is 40.5 Å². The number of hydrogen-bond acceptors (Lipinski definition) is 4. The summed E-state index contributed by atoms with van der Waals surface area (Å²) < 4.78 is 5.58. The van der Waals surface area contributed by atoms with E-state index in [1.807, 2.05) is 36.4 Å². The topological polar surface area (TPSA) is 105 Å². The fraction of sp³-hybridized carbons (Fsp3) is 0.423. The van der Waals surface area contributed by atoms with Crippen LogP contribution in [0.3, 0.4) is 0 Å². The summed E-state index contributed by atoms with van der Waals surface area (Å²) in [5.74, 6) is -1.57. The van der Waals surface area contributed by atoms with E-state index >= 15 is 0 Å². The van der Waals surface area contributed by atoms with Crippen molar-refractivity contribution in [1.82, 2.24) is 10.6 Å².